The standard InChI is InChI=1S/C22H30N4O2.2CH2O2/c27-21-22(9-5-11-24-21)10-6-14-26(22)17-19-7-1-2-8-20(19)28-16-4-3-13-25-15-12-23-18-25;2*2-1-3/h1-2,7-8,12,15,18H,3-6,9-11,13-14,16-17H2,(H,24,27);2*1H,(H,2,3). The van der Waals surface area contributed by atoms with Crippen molar-refractivity contribution in [1.82, 2.24) is 19.8 Å². The van der Waals surface area contributed by atoms with Gasteiger partial charge in [-0.1, -0.05) is 18.2 Å². The van der Waals surface area contributed by atoms with Crippen LogP contribution in [0.5, 0.6) is 5.75 Å². The largest absolute Gasteiger partial charge is 0.493 e. The quantitative estimate of drug-likeness (QED) is 0.392. The lowest BCUT2D eigenvalue weighted by atomic mass is 9.86. The summed E-state index contributed by atoms with van der Waals surface area (Å²) in [5, 5.41) is 16.9. The van der Waals surface area contributed by atoms with Crippen molar-refractivity contribution >= 4 is 18.9 Å². The Morgan fingerprint density at radius 3 is 2.56 bits per heavy atom. The first-order valence-corrected chi connectivity index (χ1v) is 11.5. The molecule has 2 aromatic rings. The van der Waals surface area contributed by atoms with E-state index in [1.54, 1.807) is 0 Å². The molecule has 3 N–H and O–H groups in total. The van der Waals surface area contributed by atoms with Crippen molar-refractivity contribution in [3.05, 3.63) is 48.5 Å². The summed E-state index contributed by atoms with van der Waals surface area (Å²) >= 11 is 0. The van der Waals surface area contributed by atoms with E-state index < -0.39 is 0 Å². The van der Waals surface area contributed by atoms with Gasteiger partial charge in [-0.2, -0.15) is 0 Å². The monoisotopic (exact) mass is 474 g/mol. The number of ether oxygens (including phenoxy) is 1. The van der Waals surface area contributed by atoms with Gasteiger partial charge in [-0.3, -0.25) is 19.3 Å². The van der Waals surface area contributed by atoms with Gasteiger partial charge in [0.2, 0.25) is 5.91 Å². The Morgan fingerprint density at radius 1 is 1.12 bits per heavy atom. The van der Waals surface area contributed by atoms with Crippen molar-refractivity contribution < 1.29 is 29.3 Å². The number of amides is 1. The number of nitrogens with one attached hydrogen (secondary N) is 1. The summed E-state index contributed by atoms with van der Waals surface area (Å²) in [4.78, 5) is 35.8. The Labute approximate surface area is 199 Å². The first kappa shape index (κ1) is 26.8. The molecular weight excluding hydrogens is 440 g/mol. The van der Waals surface area contributed by atoms with E-state index >= 15 is 0 Å². The number of rotatable bonds is 8. The third-order valence-electron chi connectivity index (χ3n) is 6.06. The molecule has 4 rings (SSSR count). The Kier molecular flexibility index (Phi) is 11.6. The highest BCUT2D eigenvalue weighted by molar-refractivity contribution is 5.87. The van der Waals surface area contributed by atoms with Crippen LogP contribution in [0, 0.1) is 0 Å². The molecule has 2 fully saturated rings. The molecule has 186 valence electrons. The molecule has 1 atom stereocenters. The maximum absolute atomic E-state index is 12.7. The number of unbranched alkanes of at least 4 members (excludes halogenated alkanes) is 1. The summed E-state index contributed by atoms with van der Waals surface area (Å²) in [7, 11) is 0. The summed E-state index contributed by atoms with van der Waals surface area (Å²) < 4.78 is 8.21. The smallest absolute Gasteiger partial charge is 0.290 e. The summed E-state index contributed by atoms with van der Waals surface area (Å²) in [5.74, 6) is 1.16. The van der Waals surface area contributed by atoms with Crippen molar-refractivity contribution in [2.75, 3.05) is 19.7 Å². The summed E-state index contributed by atoms with van der Waals surface area (Å²) in [6.45, 7) is 3.74. The van der Waals surface area contributed by atoms with Crippen molar-refractivity contribution in [1.29, 1.82) is 0 Å². The minimum Gasteiger partial charge on any atom is -0.493 e. The highest BCUT2D eigenvalue weighted by Crippen LogP contribution is 2.37. The van der Waals surface area contributed by atoms with Crippen LogP contribution in [0.15, 0.2) is 43.0 Å². The van der Waals surface area contributed by atoms with E-state index in [-0.39, 0.29) is 24.4 Å². The fourth-order valence-corrected chi connectivity index (χ4v) is 4.54. The predicted octanol–water partition coefficient (Wildman–Crippen LogP) is 2.39. The van der Waals surface area contributed by atoms with Crippen molar-refractivity contribution in [3.8, 4) is 5.75 Å². The Balaban J connectivity index is 0.000000618. The second-order valence-electron chi connectivity index (χ2n) is 8.09. The topological polar surface area (TPSA) is 134 Å². The molecule has 1 aromatic heterocycles. The highest BCUT2D eigenvalue weighted by Gasteiger charge is 2.48. The van der Waals surface area contributed by atoms with Gasteiger partial charge in [-0.15, -0.1) is 0 Å². The number of likely N-dealkylation sites (tertiary alicyclic amines) is 1. The number of carbonyl (C=O) groups excluding carboxylic acids is 1. The second kappa shape index (κ2) is 14.7. The van der Waals surface area contributed by atoms with E-state index in [0.717, 1.165) is 70.5 Å². The molecule has 10 nitrogen and oxygen atoms in total. The van der Waals surface area contributed by atoms with Crippen LogP contribution in [0.25, 0.3) is 0 Å². The van der Waals surface area contributed by atoms with Crippen LogP contribution in [0.2, 0.25) is 0 Å². The van der Waals surface area contributed by atoms with Crippen LogP contribution in [0.1, 0.15) is 44.1 Å². The minimum absolute atomic E-state index is 0.217. The maximum atomic E-state index is 12.7. The fourth-order valence-electron chi connectivity index (χ4n) is 4.54. The second-order valence-corrected chi connectivity index (χ2v) is 8.09. The maximum Gasteiger partial charge on any atom is 0.290 e. The number of carboxylic acid groups (broad SMARTS) is 2. The number of carbonyl (C=O) groups is 3. The van der Waals surface area contributed by atoms with E-state index in [1.165, 1.54) is 5.56 Å². The van der Waals surface area contributed by atoms with Crippen LogP contribution >= 0.6 is 0 Å². The Morgan fingerprint density at radius 2 is 1.85 bits per heavy atom. The first-order chi connectivity index (χ1) is 16.6. The van der Waals surface area contributed by atoms with Gasteiger partial charge < -0.3 is 24.8 Å². The van der Waals surface area contributed by atoms with Gasteiger partial charge in [-0.05, 0) is 51.1 Å². The molecule has 2 aliphatic heterocycles. The van der Waals surface area contributed by atoms with E-state index in [4.69, 9.17) is 24.5 Å². The van der Waals surface area contributed by atoms with E-state index in [0.29, 0.717) is 6.61 Å². The number of benzene rings is 1. The van der Waals surface area contributed by atoms with E-state index in [9.17, 15) is 4.79 Å². The van der Waals surface area contributed by atoms with E-state index in [2.05, 4.69) is 38.0 Å². The van der Waals surface area contributed by atoms with Crippen LogP contribution in [0.4, 0.5) is 0 Å². The van der Waals surface area contributed by atoms with Gasteiger partial charge in [0, 0.05) is 37.6 Å². The summed E-state index contributed by atoms with van der Waals surface area (Å²) in [6.07, 6.45) is 11.8. The highest BCUT2D eigenvalue weighted by atomic mass is 16.5. The summed E-state index contributed by atoms with van der Waals surface area (Å²) in [6, 6.07) is 8.27. The molecule has 1 amide bonds. The fraction of sp³-hybridized carbons (Fsp3) is 0.500. The molecule has 10 heteroatoms. The van der Waals surface area contributed by atoms with Gasteiger partial charge in [0.15, 0.2) is 0 Å². The zero-order chi connectivity index (χ0) is 24.7. The lowest BCUT2D eigenvalue weighted by Gasteiger charge is -2.40. The molecule has 3 heterocycles. The molecule has 2 saturated heterocycles. The van der Waals surface area contributed by atoms with Gasteiger partial charge in [-0.25, -0.2) is 4.98 Å². The zero-order valence-corrected chi connectivity index (χ0v) is 19.3. The predicted molar refractivity (Wildman–Crippen MR) is 125 cm³/mol. The molecule has 2 aliphatic rings. The third kappa shape index (κ3) is 7.58. The number of aromatic nitrogens is 2. The molecule has 0 aliphatic carbocycles. The van der Waals surface area contributed by atoms with Crippen LogP contribution in [0.3, 0.4) is 0 Å². The lowest BCUT2D eigenvalue weighted by Crippen LogP contribution is -2.58. The van der Waals surface area contributed by atoms with Gasteiger partial charge >= 0.3 is 0 Å². The SMILES string of the molecule is O=C1NCCCC12CCCN2Cc1ccccc1OCCCCn1ccnc1.O=CO.O=CO. The molecule has 1 unspecified atom stereocenters. The van der Waals surface area contributed by atoms with Crippen molar-refractivity contribution in [2.45, 2.75) is 57.2 Å². The number of aryl methyl sites for hydroxylation is 1. The molecule has 1 spiro atoms. The number of para-hydroxylation sites is 1. The number of nitrogens with zero attached hydrogens (tertiary/aromatic N) is 3. The van der Waals surface area contributed by atoms with E-state index in [1.807, 2.05) is 24.8 Å². The normalized spacial score (nSPS) is 19.2. The Bertz CT molecular complexity index is 870. The average Bonchev–Trinajstić information content (AvgIpc) is 3.49. The number of hydrogen-bond donors (Lipinski definition) is 3. The van der Waals surface area contributed by atoms with Gasteiger partial charge in [0.25, 0.3) is 12.9 Å². The third-order valence-corrected chi connectivity index (χ3v) is 6.06. The molecule has 0 radical (unpaired) electrons. The van der Waals surface area contributed by atoms with Crippen LogP contribution < -0.4 is 10.1 Å². The van der Waals surface area contributed by atoms with Gasteiger partial charge in [0.1, 0.15) is 11.3 Å². The van der Waals surface area contributed by atoms with Gasteiger partial charge in [0.05, 0.1) is 12.9 Å². The Hall–Kier alpha value is -3.40. The van der Waals surface area contributed by atoms with Crippen molar-refractivity contribution in [2.24, 2.45) is 0 Å². The number of imidazole rings is 1. The summed E-state index contributed by atoms with van der Waals surface area (Å²) in [5.41, 5.74) is 0.868. The van der Waals surface area contributed by atoms with Crippen LogP contribution in [-0.2, 0) is 27.5 Å². The molecular formula is C24H34N4O6. The first-order valence-electron chi connectivity index (χ1n) is 11.5. The molecule has 1 aromatic carbocycles. The average molecular weight is 475 g/mol. The number of piperidine rings is 1. The number of hydrogen-bond acceptors (Lipinski definition) is 6. The molecule has 0 saturated carbocycles. The van der Waals surface area contributed by atoms with Crippen molar-refractivity contribution in [3.63, 3.8) is 0 Å². The van der Waals surface area contributed by atoms with Crippen LogP contribution in [-0.4, -0.2) is 68.8 Å². The minimum atomic E-state index is -0.309. The lowest BCUT2D eigenvalue weighted by molar-refractivity contribution is -0.135. The molecule has 34 heavy (non-hydrogen) atoms. The zero-order valence-electron chi connectivity index (χ0n) is 19.3. The molecule has 0 bridgehead atoms.